The molecule has 3 saturated carbocycles. The van der Waals surface area contributed by atoms with Crippen LogP contribution in [-0.4, -0.2) is 60.2 Å². The summed E-state index contributed by atoms with van der Waals surface area (Å²) in [6, 6.07) is 11.6. The highest BCUT2D eigenvalue weighted by Gasteiger charge is 2.59. The molecule has 282 valence electrons. The molecule has 2 aromatic carbocycles. The molecule has 3 fully saturated rings. The number of benzene rings is 2. The van der Waals surface area contributed by atoms with Crippen LogP contribution in [0.2, 0.25) is 5.02 Å². The molecule has 8 rings (SSSR count). The summed E-state index contributed by atoms with van der Waals surface area (Å²) in [4.78, 5) is 52.2. The third-order valence-corrected chi connectivity index (χ3v) is 10.9. The van der Waals surface area contributed by atoms with Crippen molar-refractivity contribution in [3.8, 4) is 6.07 Å². The van der Waals surface area contributed by atoms with E-state index in [9.17, 15) is 19.4 Å². The number of carbonyl (C=O) groups is 1. The van der Waals surface area contributed by atoms with Gasteiger partial charge in [-0.2, -0.15) is 5.26 Å². The Morgan fingerprint density at radius 1 is 1.19 bits per heavy atom. The van der Waals surface area contributed by atoms with Gasteiger partial charge in [-0.05, 0) is 65.8 Å². The number of hydrogen-bond acceptors (Lipinski definition) is 10. The lowest BCUT2D eigenvalue weighted by molar-refractivity contribution is -0.0989. The molecule has 3 aliphatic rings. The topological polar surface area (TPSA) is 198 Å². The molecule has 1 amide bonds. The number of fused-ring (bicyclic) bond motifs is 2. The van der Waals surface area contributed by atoms with Crippen LogP contribution in [0.15, 0.2) is 59.8 Å². The molecule has 1 unspecified atom stereocenters. The highest BCUT2D eigenvalue weighted by molar-refractivity contribution is 7.46. The molecule has 0 radical (unpaired) electrons. The maximum atomic E-state index is 14.6. The largest absolute Gasteiger partial charge is 0.469 e. The Morgan fingerprint density at radius 3 is 2.61 bits per heavy atom. The van der Waals surface area contributed by atoms with Crippen molar-refractivity contribution in [3.05, 3.63) is 87.2 Å². The van der Waals surface area contributed by atoms with Crippen LogP contribution in [0.1, 0.15) is 69.3 Å². The zero-order chi connectivity index (χ0) is 38.6. The van der Waals surface area contributed by atoms with Crippen LogP contribution in [0.25, 0.3) is 21.7 Å². The SMILES string of the molecule is Cn1ccc2c(C(c3cn(C45CC(C4)C5)nn3)N(C(=O)OCCCOP(=O)(O)O)c3cc(Cl)c4ncc(C#N)c(NCC(C)(C)C)c4c3)cccc2c1=O. The van der Waals surface area contributed by atoms with Crippen molar-refractivity contribution in [1.29, 1.82) is 5.26 Å². The van der Waals surface area contributed by atoms with Gasteiger partial charge in [0.25, 0.3) is 5.56 Å². The summed E-state index contributed by atoms with van der Waals surface area (Å²) in [7, 11) is -3.07. The number of aromatic nitrogens is 5. The van der Waals surface area contributed by atoms with Gasteiger partial charge in [-0.1, -0.05) is 49.7 Å². The molecule has 0 spiro atoms. The van der Waals surface area contributed by atoms with Crippen LogP contribution in [0.3, 0.4) is 0 Å². The Kier molecular flexibility index (Phi) is 9.78. The molecule has 5 aromatic rings. The summed E-state index contributed by atoms with van der Waals surface area (Å²) in [5.41, 5.74) is 1.88. The van der Waals surface area contributed by atoms with E-state index >= 15 is 0 Å². The second kappa shape index (κ2) is 14.1. The quantitative estimate of drug-likeness (QED) is 0.0933. The standard InChI is InChI=1S/C37H40ClN8O7P/c1-36(2,3)21-41-31-23(18-39)19-40-32-28(31)13-24(14-29(32)38)46(35(48)52-11-6-12-53-54(49,50)51)33(30-20-45(43-42-30)37-15-22(16-37)17-37)26-7-5-8-27-25(26)9-10-44(4)34(27)47/h5,7-10,13-14,19-20,22,33H,6,11-12,15-17,21H2,1-4H3,(H,40,41)(H2,49,50,51). The maximum Gasteiger partial charge on any atom is 0.469 e. The number of halogens is 1. The minimum atomic E-state index is -4.73. The van der Waals surface area contributed by atoms with Crippen molar-refractivity contribution in [3.63, 3.8) is 0 Å². The lowest BCUT2D eigenvalue weighted by atomic mass is 9.50. The fraction of sp³-hybridized carbons (Fsp3) is 0.405. The van der Waals surface area contributed by atoms with Gasteiger partial charge in [0.15, 0.2) is 0 Å². The van der Waals surface area contributed by atoms with E-state index < -0.39 is 20.0 Å². The Morgan fingerprint density at radius 2 is 1.94 bits per heavy atom. The van der Waals surface area contributed by atoms with Crippen molar-refractivity contribution in [2.45, 2.75) is 58.0 Å². The first-order chi connectivity index (χ1) is 25.6. The van der Waals surface area contributed by atoms with Gasteiger partial charge in [-0.15, -0.1) is 5.10 Å². The van der Waals surface area contributed by atoms with Gasteiger partial charge in [-0.3, -0.25) is 19.2 Å². The Bertz CT molecular complexity index is 2410. The number of phosphoric acid groups is 1. The average molecular weight is 775 g/mol. The number of anilines is 2. The molecule has 15 nitrogen and oxygen atoms in total. The van der Waals surface area contributed by atoms with E-state index in [0.717, 1.165) is 19.3 Å². The molecule has 3 heterocycles. The van der Waals surface area contributed by atoms with Gasteiger partial charge in [0.05, 0.1) is 52.4 Å². The first-order valence-corrected chi connectivity index (χ1v) is 19.4. The van der Waals surface area contributed by atoms with Gasteiger partial charge in [-0.25, -0.2) is 14.0 Å². The molecule has 3 N–H and O–H groups in total. The van der Waals surface area contributed by atoms with Crippen molar-refractivity contribution in [2.75, 3.05) is 30.0 Å². The first kappa shape index (κ1) is 37.5. The number of aryl methyl sites for hydroxylation is 1. The molecule has 3 aromatic heterocycles. The van der Waals surface area contributed by atoms with Crippen LogP contribution >= 0.6 is 19.4 Å². The van der Waals surface area contributed by atoms with Crippen molar-refractivity contribution < 1.29 is 28.4 Å². The van der Waals surface area contributed by atoms with Gasteiger partial charge in [0, 0.05) is 43.2 Å². The van der Waals surface area contributed by atoms with Crippen LogP contribution < -0.4 is 15.8 Å². The summed E-state index contributed by atoms with van der Waals surface area (Å²) in [6.07, 6.45) is 7.05. The lowest BCUT2D eigenvalue weighted by Gasteiger charge is -2.61. The summed E-state index contributed by atoms with van der Waals surface area (Å²) in [5.74, 6) is 0.663. The van der Waals surface area contributed by atoms with Gasteiger partial charge in [0.1, 0.15) is 17.8 Å². The van der Waals surface area contributed by atoms with E-state index in [1.54, 1.807) is 43.6 Å². The molecular weight excluding hydrogens is 735 g/mol. The maximum absolute atomic E-state index is 14.6. The van der Waals surface area contributed by atoms with Crippen molar-refractivity contribution >= 4 is 58.6 Å². The smallest absolute Gasteiger partial charge is 0.449 e. The Hall–Kier alpha value is -4.84. The number of nitrogens with zero attached hydrogens (tertiary/aromatic N) is 7. The van der Waals surface area contributed by atoms with E-state index in [1.165, 1.54) is 15.7 Å². The molecule has 2 bridgehead atoms. The van der Waals surface area contributed by atoms with E-state index in [0.29, 0.717) is 51.1 Å². The minimum Gasteiger partial charge on any atom is -0.449 e. The highest BCUT2D eigenvalue weighted by atomic mass is 35.5. The molecule has 17 heteroatoms. The predicted molar refractivity (Wildman–Crippen MR) is 202 cm³/mol. The molecule has 0 saturated heterocycles. The van der Waals surface area contributed by atoms with Crippen molar-refractivity contribution in [1.82, 2.24) is 24.5 Å². The normalized spacial score (nSPS) is 18.4. The van der Waals surface area contributed by atoms with Crippen LogP contribution in [0, 0.1) is 22.7 Å². The zero-order valence-corrected chi connectivity index (χ0v) is 31.8. The van der Waals surface area contributed by atoms with Crippen LogP contribution in [0.5, 0.6) is 0 Å². The van der Waals surface area contributed by atoms with Crippen LogP contribution in [0.4, 0.5) is 16.2 Å². The summed E-state index contributed by atoms with van der Waals surface area (Å²) >= 11 is 6.96. The fourth-order valence-electron chi connectivity index (χ4n) is 7.26. The third-order valence-electron chi connectivity index (χ3n) is 10.1. The summed E-state index contributed by atoms with van der Waals surface area (Å²) in [6.45, 7) is 6.05. The number of nitrogens with one attached hydrogen (secondary N) is 1. The zero-order valence-electron chi connectivity index (χ0n) is 30.2. The fourth-order valence-corrected chi connectivity index (χ4v) is 7.89. The van der Waals surface area contributed by atoms with E-state index in [1.807, 2.05) is 16.9 Å². The van der Waals surface area contributed by atoms with Gasteiger partial charge >= 0.3 is 13.9 Å². The molecule has 0 aliphatic heterocycles. The monoisotopic (exact) mass is 774 g/mol. The number of rotatable bonds is 12. The molecule has 3 aliphatic carbocycles. The number of phosphoric ester groups is 1. The summed E-state index contributed by atoms with van der Waals surface area (Å²) in [5, 5.41) is 24.4. The number of hydrogen-bond donors (Lipinski definition) is 3. The predicted octanol–water partition coefficient (Wildman–Crippen LogP) is 6.40. The Labute approximate surface area is 315 Å². The number of ether oxygens (including phenoxy) is 1. The molecular formula is C37H40ClN8O7P. The van der Waals surface area contributed by atoms with Gasteiger partial charge in [0.2, 0.25) is 0 Å². The second-order valence-electron chi connectivity index (χ2n) is 15.3. The second-order valence-corrected chi connectivity index (χ2v) is 16.9. The number of amides is 1. The van der Waals surface area contributed by atoms with Crippen molar-refractivity contribution in [2.24, 2.45) is 18.4 Å². The van der Waals surface area contributed by atoms with E-state index in [4.69, 9.17) is 26.1 Å². The van der Waals surface area contributed by atoms with E-state index in [2.05, 4.69) is 52.0 Å². The molecule has 1 atom stereocenters. The third kappa shape index (κ3) is 7.20. The van der Waals surface area contributed by atoms with Crippen LogP contribution in [-0.2, 0) is 26.4 Å². The number of pyridine rings is 2. The first-order valence-electron chi connectivity index (χ1n) is 17.5. The summed E-state index contributed by atoms with van der Waals surface area (Å²) < 4.78 is 25.0. The van der Waals surface area contributed by atoms with E-state index in [-0.39, 0.29) is 52.4 Å². The minimum absolute atomic E-state index is 0.0195. The highest BCUT2D eigenvalue weighted by Crippen LogP contribution is 2.62. The average Bonchev–Trinajstić information content (AvgIpc) is 3.53. The lowest BCUT2D eigenvalue weighted by Crippen LogP contribution is -2.59. The Balaban J connectivity index is 1.42. The molecule has 54 heavy (non-hydrogen) atoms. The number of carbonyl (C=O) groups excluding carboxylic acids is 1. The number of nitriles is 1. The van der Waals surface area contributed by atoms with Gasteiger partial charge < -0.3 is 24.4 Å².